The van der Waals surface area contributed by atoms with E-state index in [1.165, 1.54) is 43.5 Å². The zero-order valence-corrected chi connectivity index (χ0v) is 8.16. The van der Waals surface area contributed by atoms with Crippen molar-refractivity contribution < 1.29 is 0 Å². The second-order valence-corrected chi connectivity index (χ2v) is 4.61. The fourth-order valence-corrected chi connectivity index (χ4v) is 2.07. The topological polar surface area (TPSA) is 17.8 Å². The predicted octanol–water partition coefficient (Wildman–Crippen LogP) is 2.48. The largest absolute Gasteiger partial charge is 0.269 e. The van der Waals surface area contributed by atoms with Gasteiger partial charge in [0.25, 0.3) is 0 Å². The molecular weight excluding hydrogens is 160 g/mol. The van der Waals surface area contributed by atoms with E-state index >= 15 is 0 Å². The van der Waals surface area contributed by atoms with Crippen LogP contribution in [0.1, 0.15) is 42.9 Å². The van der Waals surface area contributed by atoms with Crippen molar-refractivity contribution in [2.24, 2.45) is 5.92 Å². The van der Waals surface area contributed by atoms with Gasteiger partial charge in [-0.05, 0) is 44.1 Å². The van der Waals surface area contributed by atoms with Crippen LogP contribution < -0.4 is 0 Å². The molecule has 2 saturated carbocycles. The molecule has 3 rings (SSSR count). The summed E-state index contributed by atoms with van der Waals surface area (Å²) < 4.78 is 2.27. The van der Waals surface area contributed by atoms with Gasteiger partial charge in [-0.15, -0.1) is 0 Å². The van der Waals surface area contributed by atoms with E-state index in [-0.39, 0.29) is 0 Å². The van der Waals surface area contributed by atoms with Gasteiger partial charge in [-0.1, -0.05) is 0 Å². The minimum atomic E-state index is 0.848. The number of rotatable bonds is 3. The Morgan fingerprint density at radius 2 is 2.15 bits per heavy atom. The van der Waals surface area contributed by atoms with Crippen LogP contribution in [0, 0.1) is 12.8 Å². The van der Waals surface area contributed by atoms with Gasteiger partial charge in [-0.2, -0.15) is 5.10 Å². The second kappa shape index (κ2) is 2.60. The number of aromatic nitrogens is 2. The minimum Gasteiger partial charge on any atom is -0.269 e. The maximum Gasteiger partial charge on any atom is 0.0521 e. The highest BCUT2D eigenvalue weighted by atomic mass is 15.3. The lowest BCUT2D eigenvalue weighted by atomic mass is 10.2. The first-order valence-electron chi connectivity index (χ1n) is 5.37. The molecule has 0 aliphatic heterocycles. The van der Waals surface area contributed by atoms with Crippen LogP contribution in [0.25, 0.3) is 0 Å². The molecule has 70 valence electrons. The number of hydrogen-bond donors (Lipinski definition) is 0. The summed E-state index contributed by atoms with van der Waals surface area (Å²) >= 11 is 0. The van der Waals surface area contributed by atoms with Gasteiger partial charge in [0.05, 0.1) is 6.20 Å². The summed E-state index contributed by atoms with van der Waals surface area (Å²) in [5.41, 5.74) is 2.94. The highest BCUT2D eigenvalue weighted by Crippen LogP contribution is 2.42. The van der Waals surface area contributed by atoms with Crippen LogP contribution in [0.3, 0.4) is 0 Å². The van der Waals surface area contributed by atoms with Gasteiger partial charge < -0.3 is 0 Å². The number of hydrogen-bond acceptors (Lipinski definition) is 1. The molecule has 0 unspecified atom stereocenters. The van der Waals surface area contributed by atoms with Gasteiger partial charge >= 0.3 is 0 Å². The lowest BCUT2D eigenvalue weighted by Crippen LogP contribution is -2.06. The average molecular weight is 176 g/mol. The van der Waals surface area contributed by atoms with Crippen LogP contribution in [0.4, 0.5) is 0 Å². The van der Waals surface area contributed by atoms with Crippen molar-refractivity contribution in [2.75, 3.05) is 0 Å². The van der Waals surface area contributed by atoms with Crippen molar-refractivity contribution >= 4 is 0 Å². The van der Waals surface area contributed by atoms with E-state index in [4.69, 9.17) is 0 Å². The Morgan fingerprint density at radius 3 is 2.77 bits per heavy atom. The maximum absolute atomic E-state index is 4.47. The summed E-state index contributed by atoms with van der Waals surface area (Å²) in [5, 5.41) is 4.47. The predicted molar refractivity (Wildman–Crippen MR) is 51.7 cm³/mol. The van der Waals surface area contributed by atoms with Crippen molar-refractivity contribution in [3.63, 3.8) is 0 Å². The summed E-state index contributed by atoms with van der Waals surface area (Å²) in [7, 11) is 0. The lowest BCUT2D eigenvalue weighted by molar-refractivity contribution is 0.539. The average Bonchev–Trinajstić information content (AvgIpc) is 2.95. The van der Waals surface area contributed by atoms with Gasteiger partial charge in [-0.3, -0.25) is 4.68 Å². The maximum atomic E-state index is 4.47. The van der Waals surface area contributed by atoms with Crippen LogP contribution in [-0.2, 0) is 6.54 Å². The molecule has 0 saturated heterocycles. The van der Waals surface area contributed by atoms with E-state index in [0.29, 0.717) is 0 Å². The van der Waals surface area contributed by atoms with Gasteiger partial charge in [0, 0.05) is 18.2 Å². The summed E-state index contributed by atoms with van der Waals surface area (Å²) in [6.45, 7) is 3.38. The van der Waals surface area contributed by atoms with Crippen LogP contribution in [-0.4, -0.2) is 9.78 Å². The Hall–Kier alpha value is -0.790. The molecule has 2 aliphatic carbocycles. The van der Waals surface area contributed by atoms with Crippen molar-refractivity contribution in [3.8, 4) is 0 Å². The first-order chi connectivity index (χ1) is 6.34. The molecule has 2 aliphatic rings. The molecule has 0 amide bonds. The Morgan fingerprint density at radius 1 is 1.38 bits per heavy atom. The van der Waals surface area contributed by atoms with Gasteiger partial charge in [-0.25, -0.2) is 0 Å². The minimum absolute atomic E-state index is 0.848. The molecule has 2 heteroatoms. The third-order valence-electron chi connectivity index (χ3n) is 3.16. The Labute approximate surface area is 78.9 Å². The Kier molecular flexibility index (Phi) is 1.52. The van der Waals surface area contributed by atoms with E-state index in [1.54, 1.807) is 0 Å². The van der Waals surface area contributed by atoms with Crippen molar-refractivity contribution in [3.05, 3.63) is 17.5 Å². The van der Waals surface area contributed by atoms with E-state index in [2.05, 4.69) is 16.7 Å². The molecule has 13 heavy (non-hydrogen) atoms. The SMILES string of the molecule is Cc1cnn(CC2CC2)c1C1CC1. The summed E-state index contributed by atoms with van der Waals surface area (Å²) in [4.78, 5) is 0. The molecule has 1 aromatic heterocycles. The molecule has 2 fully saturated rings. The summed E-state index contributed by atoms with van der Waals surface area (Å²) in [5.74, 6) is 1.79. The van der Waals surface area contributed by atoms with Gasteiger partial charge in [0.1, 0.15) is 0 Å². The lowest BCUT2D eigenvalue weighted by Gasteiger charge is -2.05. The molecule has 0 radical (unpaired) electrons. The molecule has 1 heterocycles. The highest BCUT2D eigenvalue weighted by molar-refractivity contribution is 5.24. The molecule has 0 aromatic carbocycles. The first-order valence-corrected chi connectivity index (χ1v) is 5.37. The second-order valence-electron chi connectivity index (χ2n) is 4.61. The third kappa shape index (κ3) is 1.38. The van der Waals surface area contributed by atoms with E-state index < -0.39 is 0 Å². The third-order valence-corrected chi connectivity index (χ3v) is 3.16. The van der Waals surface area contributed by atoms with Crippen LogP contribution in [0.15, 0.2) is 6.20 Å². The zero-order chi connectivity index (χ0) is 8.84. The molecule has 0 spiro atoms. The van der Waals surface area contributed by atoms with Gasteiger partial charge in [0.15, 0.2) is 0 Å². The van der Waals surface area contributed by atoms with Gasteiger partial charge in [0.2, 0.25) is 0 Å². The molecule has 0 atom stereocenters. The fraction of sp³-hybridized carbons (Fsp3) is 0.727. The van der Waals surface area contributed by atoms with Crippen LogP contribution in [0.2, 0.25) is 0 Å². The molecular formula is C11H16N2. The smallest absolute Gasteiger partial charge is 0.0521 e. The normalized spacial score (nSPS) is 22.2. The standard InChI is InChI=1S/C11H16N2/c1-8-6-12-13(7-9-2-3-9)11(8)10-4-5-10/h6,9-10H,2-5,7H2,1H3. The first kappa shape index (κ1) is 7.60. The van der Waals surface area contributed by atoms with Crippen molar-refractivity contribution in [1.82, 2.24) is 9.78 Å². The van der Waals surface area contributed by atoms with Crippen molar-refractivity contribution in [2.45, 2.75) is 45.1 Å². The monoisotopic (exact) mass is 176 g/mol. The Bertz CT molecular complexity index is 319. The fourth-order valence-electron chi connectivity index (χ4n) is 2.07. The molecule has 2 nitrogen and oxygen atoms in total. The summed E-state index contributed by atoms with van der Waals surface area (Å²) in [6, 6.07) is 0. The summed E-state index contributed by atoms with van der Waals surface area (Å²) in [6.07, 6.45) is 7.65. The Balaban J connectivity index is 1.88. The highest BCUT2D eigenvalue weighted by Gasteiger charge is 2.31. The molecule has 0 N–H and O–H groups in total. The van der Waals surface area contributed by atoms with E-state index in [9.17, 15) is 0 Å². The van der Waals surface area contributed by atoms with E-state index in [0.717, 1.165) is 11.8 Å². The zero-order valence-electron chi connectivity index (χ0n) is 8.16. The number of aryl methyl sites for hydroxylation is 1. The van der Waals surface area contributed by atoms with Crippen molar-refractivity contribution in [1.29, 1.82) is 0 Å². The van der Waals surface area contributed by atoms with E-state index in [1.807, 2.05) is 6.20 Å². The molecule has 0 bridgehead atoms. The van der Waals surface area contributed by atoms with Crippen LogP contribution >= 0.6 is 0 Å². The molecule has 1 aromatic rings. The van der Waals surface area contributed by atoms with Crippen LogP contribution in [0.5, 0.6) is 0 Å². The quantitative estimate of drug-likeness (QED) is 0.691. The number of nitrogens with zero attached hydrogens (tertiary/aromatic N) is 2.